The number of H-pyrrole nitrogens is 2. The van der Waals surface area contributed by atoms with Crippen molar-refractivity contribution in [3.8, 4) is 0 Å². The largest absolute Gasteiger partial charge is 0.323 e. The van der Waals surface area contributed by atoms with E-state index in [4.69, 9.17) is 0 Å². The summed E-state index contributed by atoms with van der Waals surface area (Å²) in [6.45, 7) is 6.37. The van der Waals surface area contributed by atoms with Crippen molar-refractivity contribution in [2.24, 2.45) is 0 Å². The summed E-state index contributed by atoms with van der Waals surface area (Å²) in [5.74, 6) is 0.484. The van der Waals surface area contributed by atoms with Crippen molar-refractivity contribution in [3.63, 3.8) is 0 Å². The lowest BCUT2D eigenvalue weighted by molar-refractivity contribution is 0.858. The summed E-state index contributed by atoms with van der Waals surface area (Å²) in [7, 11) is 0. The lowest BCUT2D eigenvalue weighted by Gasteiger charge is -2.08. The number of rotatable bonds is 1. The highest BCUT2D eigenvalue weighted by atomic mass is 16.1. The Morgan fingerprint density at radius 1 is 1.14 bits per heavy atom. The third kappa shape index (κ3) is 1.35. The van der Waals surface area contributed by atoms with Gasteiger partial charge < -0.3 is 9.97 Å². The minimum Gasteiger partial charge on any atom is -0.306 e. The molecule has 0 bridgehead atoms. The first-order valence-electron chi connectivity index (χ1n) is 4.80. The van der Waals surface area contributed by atoms with Crippen molar-refractivity contribution in [3.05, 3.63) is 33.7 Å². The smallest absolute Gasteiger partial charge is 0.306 e. The van der Waals surface area contributed by atoms with Crippen LogP contribution in [0.4, 0.5) is 0 Å². The van der Waals surface area contributed by atoms with E-state index in [0.717, 1.165) is 11.0 Å². The molecule has 0 saturated heterocycles. The van der Waals surface area contributed by atoms with Gasteiger partial charge in [-0.05, 0) is 36.1 Å². The summed E-state index contributed by atoms with van der Waals surface area (Å²) < 4.78 is 0. The van der Waals surface area contributed by atoms with E-state index in [9.17, 15) is 4.79 Å². The maximum Gasteiger partial charge on any atom is 0.323 e. The zero-order valence-electron chi connectivity index (χ0n) is 8.64. The number of hydrogen-bond donors (Lipinski definition) is 2. The van der Waals surface area contributed by atoms with E-state index in [2.05, 4.69) is 30.7 Å². The molecule has 0 amide bonds. The first-order valence-corrected chi connectivity index (χ1v) is 4.80. The van der Waals surface area contributed by atoms with Gasteiger partial charge in [0.25, 0.3) is 0 Å². The minimum absolute atomic E-state index is 0.139. The molecule has 74 valence electrons. The molecule has 2 rings (SSSR count). The van der Waals surface area contributed by atoms with E-state index >= 15 is 0 Å². The van der Waals surface area contributed by atoms with Crippen LogP contribution in [0.3, 0.4) is 0 Å². The van der Waals surface area contributed by atoms with Crippen LogP contribution in [-0.4, -0.2) is 9.97 Å². The quantitative estimate of drug-likeness (QED) is 0.712. The van der Waals surface area contributed by atoms with E-state index in [1.165, 1.54) is 11.1 Å². The van der Waals surface area contributed by atoms with Crippen LogP contribution in [0, 0.1) is 6.92 Å². The van der Waals surface area contributed by atoms with E-state index in [1.807, 2.05) is 12.1 Å². The van der Waals surface area contributed by atoms with Crippen molar-refractivity contribution >= 4 is 11.0 Å². The maximum atomic E-state index is 11.1. The number of nitrogens with one attached hydrogen (secondary N) is 2. The second-order valence-electron chi connectivity index (χ2n) is 3.99. The van der Waals surface area contributed by atoms with Gasteiger partial charge in [0.05, 0.1) is 11.0 Å². The summed E-state index contributed by atoms with van der Waals surface area (Å²) in [5, 5.41) is 0. The minimum atomic E-state index is -0.139. The van der Waals surface area contributed by atoms with Crippen molar-refractivity contribution in [1.29, 1.82) is 0 Å². The van der Waals surface area contributed by atoms with Crippen LogP contribution < -0.4 is 5.69 Å². The summed E-state index contributed by atoms with van der Waals surface area (Å²) in [5.41, 5.74) is 4.15. The topological polar surface area (TPSA) is 48.6 Å². The Bertz CT molecular complexity index is 520. The molecular weight excluding hydrogens is 176 g/mol. The molecule has 0 fully saturated rings. The first kappa shape index (κ1) is 9.06. The molecule has 1 aromatic heterocycles. The Morgan fingerprint density at radius 3 is 2.29 bits per heavy atom. The number of imidazole rings is 1. The Morgan fingerprint density at radius 2 is 1.71 bits per heavy atom. The second-order valence-corrected chi connectivity index (χ2v) is 3.99. The number of aromatic amines is 2. The first-order chi connectivity index (χ1) is 6.58. The van der Waals surface area contributed by atoms with Crippen molar-refractivity contribution in [2.45, 2.75) is 26.7 Å². The predicted octanol–water partition coefficient (Wildman–Crippen LogP) is 2.29. The average molecular weight is 190 g/mol. The van der Waals surface area contributed by atoms with Crippen molar-refractivity contribution in [2.75, 3.05) is 0 Å². The van der Waals surface area contributed by atoms with Gasteiger partial charge in [-0.3, -0.25) is 0 Å². The van der Waals surface area contributed by atoms with Crippen LogP contribution in [0.1, 0.15) is 30.9 Å². The number of benzene rings is 1. The Kier molecular flexibility index (Phi) is 1.95. The standard InChI is InChI=1S/C11H14N2O/c1-6(2)8-5-10-9(4-7(8)3)12-11(14)13-10/h4-6H,1-3H3,(H2,12,13,14). The molecule has 3 nitrogen and oxygen atoms in total. The summed E-state index contributed by atoms with van der Waals surface area (Å²) in [4.78, 5) is 16.6. The molecule has 0 unspecified atom stereocenters. The molecular formula is C11H14N2O. The van der Waals surface area contributed by atoms with Gasteiger partial charge >= 0.3 is 5.69 Å². The molecule has 0 spiro atoms. The van der Waals surface area contributed by atoms with Gasteiger partial charge in [0.2, 0.25) is 0 Å². The normalized spacial score (nSPS) is 11.4. The Labute approximate surface area is 82.2 Å². The van der Waals surface area contributed by atoms with E-state index < -0.39 is 0 Å². The summed E-state index contributed by atoms with van der Waals surface area (Å²) in [6, 6.07) is 4.07. The molecule has 2 N–H and O–H groups in total. The molecule has 0 aliphatic carbocycles. The van der Waals surface area contributed by atoms with Crippen LogP contribution in [-0.2, 0) is 0 Å². The van der Waals surface area contributed by atoms with E-state index in [0.29, 0.717) is 5.92 Å². The Balaban J connectivity index is 2.76. The lowest BCUT2D eigenvalue weighted by atomic mass is 9.97. The van der Waals surface area contributed by atoms with Gasteiger partial charge in [-0.15, -0.1) is 0 Å². The van der Waals surface area contributed by atoms with Gasteiger partial charge in [0.15, 0.2) is 0 Å². The molecule has 14 heavy (non-hydrogen) atoms. The van der Waals surface area contributed by atoms with Crippen molar-refractivity contribution < 1.29 is 0 Å². The van der Waals surface area contributed by atoms with Gasteiger partial charge in [-0.25, -0.2) is 4.79 Å². The molecule has 2 aromatic rings. The van der Waals surface area contributed by atoms with Gasteiger partial charge in [-0.2, -0.15) is 0 Å². The van der Waals surface area contributed by atoms with E-state index in [-0.39, 0.29) is 5.69 Å². The number of aromatic nitrogens is 2. The van der Waals surface area contributed by atoms with Crippen molar-refractivity contribution in [1.82, 2.24) is 9.97 Å². The molecule has 0 radical (unpaired) electrons. The summed E-state index contributed by atoms with van der Waals surface area (Å²) >= 11 is 0. The Hall–Kier alpha value is -1.51. The van der Waals surface area contributed by atoms with Crippen LogP contribution >= 0.6 is 0 Å². The predicted molar refractivity (Wildman–Crippen MR) is 57.7 cm³/mol. The van der Waals surface area contributed by atoms with Gasteiger partial charge in [0, 0.05) is 0 Å². The lowest BCUT2D eigenvalue weighted by Crippen LogP contribution is -1.99. The summed E-state index contributed by atoms with van der Waals surface area (Å²) in [6.07, 6.45) is 0. The maximum absolute atomic E-state index is 11.1. The van der Waals surface area contributed by atoms with Crippen LogP contribution in [0.15, 0.2) is 16.9 Å². The molecule has 1 aromatic carbocycles. The van der Waals surface area contributed by atoms with Crippen LogP contribution in [0.2, 0.25) is 0 Å². The number of hydrogen-bond acceptors (Lipinski definition) is 1. The number of fused-ring (bicyclic) bond motifs is 1. The molecule has 3 heteroatoms. The molecule has 1 heterocycles. The van der Waals surface area contributed by atoms with Gasteiger partial charge in [0.1, 0.15) is 0 Å². The van der Waals surface area contributed by atoms with Crippen LogP contribution in [0.5, 0.6) is 0 Å². The third-order valence-electron chi connectivity index (χ3n) is 2.52. The fourth-order valence-corrected chi connectivity index (χ4v) is 1.83. The molecule has 0 atom stereocenters. The third-order valence-corrected chi connectivity index (χ3v) is 2.52. The highest BCUT2D eigenvalue weighted by Gasteiger charge is 2.06. The van der Waals surface area contributed by atoms with Crippen LogP contribution in [0.25, 0.3) is 11.0 Å². The highest BCUT2D eigenvalue weighted by molar-refractivity contribution is 5.76. The fourth-order valence-electron chi connectivity index (χ4n) is 1.83. The molecule has 0 saturated carbocycles. The second kappa shape index (κ2) is 3.01. The molecule has 0 aliphatic rings. The highest BCUT2D eigenvalue weighted by Crippen LogP contribution is 2.22. The SMILES string of the molecule is Cc1cc2[nH]c(=O)[nH]c2cc1C(C)C. The monoisotopic (exact) mass is 190 g/mol. The fraction of sp³-hybridized carbons (Fsp3) is 0.364. The number of aryl methyl sites for hydroxylation is 1. The molecule has 0 aliphatic heterocycles. The zero-order chi connectivity index (χ0) is 10.3. The van der Waals surface area contributed by atoms with E-state index in [1.54, 1.807) is 0 Å². The average Bonchev–Trinajstić information content (AvgIpc) is 2.42. The zero-order valence-corrected chi connectivity index (χ0v) is 8.64. The van der Waals surface area contributed by atoms with Gasteiger partial charge in [-0.1, -0.05) is 13.8 Å².